The molecule has 4 N–H and O–H groups in total. The van der Waals surface area contributed by atoms with Gasteiger partial charge in [-0.25, -0.2) is 0 Å². The maximum Gasteiger partial charge on any atom is 0.251 e. The fraction of sp³-hybridized carbons (Fsp3) is 0.500. The van der Waals surface area contributed by atoms with Crippen LogP contribution in [-0.4, -0.2) is 30.9 Å². The molecule has 1 aromatic rings. The van der Waals surface area contributed by atoms with Gasteiger partial charge in [0.25, 0.3) is 5.91 Å². The van der Waals surface area contributed by atoms with Crippen LogP contribution in [0.5, 0.6) is 0 Å². The van der Waals surface area contributed by atoms with E-state index in [2.05, 4.69) is 24.5 Å². The molecular formula is C16H23N3O2. The number of benzene rings is 1. The molecule has 1 aromatic carbocycles. The van der Waals surface area contributed by atoms with E-state index in [0.29, 0.717) is 17.7 Å². The lowest BCUT2D eigenvalue weighted by molar-refractivity contribution is 0.0929. The number of hydrogen-bond acceptors (Lipinski definition) is 3. The Morgan fingerprint density at radius 2 is 2.10 bits per heavy atom. The molecule has 21 heavy (non-hydrogen) atoms. The average Bonchev–Trinajstić information content (AvgIpc) is 2.45. The molecule has 0 aliphatic carbocycles. The Balaban J connectivity index is 1.98. The Hall–Kier alpha value is -1.88. The van der Waals surface area contributed by atoms with E-state index in [-0.39, 0.29) is 17.4 Å². The van der Waals surface area contributed by atoms with Crippen LogP contribution in [-0.2, 0) is 0 Å². The van der Waals surface area contributed by atoms with Gasteiger partial charge in [-0.15, -0.1) is 0 Å². The predicted molar refractivity (Wildman–Crippen MR) is 82.1 cm³/mol. The molecule has 1 atom stereocenters. The summed E-state index contributed by atoms with van der Waals surface area (Å²) < 4.78 is 0. The highest BCUT2D eigenvalue weighted by Gasteiger charge is 2.31. The molecule has 1 fully saturated rings. The van der Waals surface area contributed by atoms with E-state index in [1.807, 2.05) is 0 Å². The lowest BCUT2D eigenvalue weighted by atomic mass is 9.77. The van der Waals surface area contributed by atoms with Crippen molar-refractivity contribution in [3.63, 3.8) is 0 Å². The van der Waals surface area contributed by atoms with E-state index in [1.54, 1.807) is 18.2 Å². The Bertz CT molecular complexity index is 540. The minimum Gasteiger partial charge on any atom is -0.366 e. The van der Waals surface area contributed by atoms with Crippen molar-refractivity contribution in [2.24, 2.45) is 11.1 Å². The first-order valence-electron chi connectivity index (χ1n) is 7.31. The molecule has 1 unspecified atom stereocenters. The fourth-order valence-corrected chi connectivity index (χ4v) is 2.73. The Kier molecular flexibility index (Phi) is 4.63. The minimum absolute atomic E-state index is 0.167. The topological polar surface area (TPSA) is 84.2 Å². The molecule has 0 saturated carbocycles. The smallest absolute Gasteiger partial charge is 0.251 e. The van der Waals surface area contributed by atoms with Crippen LogP contribution in [0.2, 0.25) is 0 Å². The standard InChI is InChI=1S/C16H23N3O2/c1-16(2)7-4-8-18-13(16)10-19-15(21)12-6-3-5-11(9-12)14(17)20/h3,5-6,9,13,18H,4,7-8,10H2,1-2H3,(H2,17,20)(H,19,21). The van der Waals surface area contributed by atoms with Crippen LogP contribution in [0.4, 0.5) is 0 Å². The second kappa shape index (κ2) is 6.26. The van der Waals surface area contributed by atoms with E-state index in [4.69, 9.17) is 5.73 Å². The van der Waals surface area contributed by atoms with Gasteiger partial charge in [-0.3, -0.25) is 9.59 Å². The summed E-state index contributed by atoms with van der Waals surface area (Å²) in [5, 5.41) is 6.39. The van der Waals surface area contributed by atoms with Gasteiger partial charge in [-0.1, -0.05) is 19.9 Å². The first kappa shape index (κ1) is 15.5. The number of nitrogens with two attached hydrogens (primary N) is 1. The number of carbonyl (C=O) groups is 2. The highest BCUT2D eigenvalue weighted by Crippen LogP contribution is 2.29. The zero-order valence-electron chi connectivity index (χ0n) is 12.6. The van der Waals surface area contributed by atoms with Crippen LogP contribution in [0.3, 0.4) is 0 Å². The molecule has 114 valence electrons. The Morgan fingerprint density at radius 1 is 1.38 bits per heavy atom. The van der Waals surface area contributed by atoms with Crippen molar-refractivity contribution in [1.29, 1.82) is 0 Å². The molecule has 2 amide bonds. The number of amides is 2. The van der Waals surface area contributed by atoms with Crippen LogP contribution < -0.4 is 16.4 Å². The maximum absolute atomic E-state index is 12.2. The summed E-state index contributed by atoms with van der Waals surface area (Å²) in [6.45, 7) is 5.99. The molecule has 5 heteroatoms. The molecule has 0 aromatic heterocycles. The van der Waals surface area contributed by atoms with Crippen molar-refractivity contribution < 1.29 is 9.59 Å². The van der Waals surface area contributed by atoms with Crippen molar-refractivity contribution in [1.82, 2.24) is 10.6 Å². The lowest BCUT2D eigenvalue weighted by Crippen LogP contribution is -2.52. The molecule has 1 aliphatic heterocycles. The molecule has 1 saturated heterocycles. The molecular weight excluding hydrogens is 266 g/mol. The van der Waals surface area contributed by atoms with Crippen molar-refractivity contribution in [2.45, 2.75) is 32.7 Å². The Labute approximate surface area is 125 Å². The van der Waals surface area contributed by atoms with Gasteiger partial charge >= 0.3 is 0 Å². The number of primary amides is 1. The SMILES string of the molecule is CC1(C)CCCNC1CNC(=O)c1cccc(C(N)=O)c1. The van der Waals surface area contributed by atoms with Gasteiger partial charge < -0.3 is 16.4 Å². The quantitative estimate of drug-likeness (QED) is 0.781. The van der Waals surface area contributed by atoms with Crippen molar-refractivity contribution in [3.05, 3.63) is 35.4 Å². The van der Waals surface area contributed by atoms with Crippen LogP contribution in [0.15, 0.2) is 24.3 Å². The monoisotopic (exact) mass is 289 g/mol. The zero-order valence-corrected chi connectivity index (χ0v) is 12.6. The zero-order chi connectivity index (χ0) is 15.5. The van der Waals surface area contributed by atoms with E-state index < -0.39 is 5.91 Å². The molecule has 1 heterocycles. The molecule has 1 aliphatic rings. The van der Waals surface area contributed by atoms with Crippen LogP contribution in [0.1, 0.15) is 47.4 Å². The van der Waals surface area contributed by atoms with Crippen LogP contribution >= 0.6 is 0 Å². The van der Waals surface area contributed by atoms with Gasteiger partial charge in [0.15, 0.2) is 0 Å². The van der Waals surface area contributed by atoms with Gasteiger partial charge in [-0.05, 0) is 43.0 Å². The molecule has 0 radical (unpaired) electrons. The second-order valence-electron chi connectivity index (χ2n) is 6.25. The van der Waals surface area contributed by atoms with Crippen molar-refractivity contribution in [2.75, 3.05) is 13.1 Å². The van der Waals surface area contributed by atoms with Gasteiger partial charge in [0.2, 0.25) is 5.91 Å². The highest BCUT2D eigenvalue weighted by atomic mass is 16.2. The third kappa shape index (κ3) is 3.82. The van der Waals surface area contributed by atoms with Crippen molar-refractivity contribution >= 4 is 11.8 Å². The summed E-state index contributed by atoms with van der Waals surface area (Å²) in [5.74, 6) is -0.707. The molecule has 2 rings (SSSR count). The fourth-order valence-electron chi connectivity index (χ4n) is 2.73. The third-order valence-corrected chi connectivity index (χ3v) is 4.21. The first-order chi connectivity index (χ1) is 9.90. The summed E-state index contributed by atoms with van der Waals surface area (Å²) in [7, 11) is 0. The number of nitrogens with one attached hydrogen (secondary N) is 2. The van der Waals surface area contributed by atoms with Crippen molar-refractivity contribution in [3.8, 4) is 0 Å². The van der Waals surface area contributed by atoms with Gasteiger partial charge in [-0.2, -0.15) is 0 Å². The summed E-state index contributed by atoms with van der Waals surface area (Å²) >= 11 is 0. The number of rotatable bonds is 4. The summed E-state index contributed by atoms with van der Waals surface area (Å²) in [4.78, 5) is 23.3. The van der Waals surface area contributed by atoms with Crippen LogP contribution in [0, 0.1) is 5.41 Å². The van der Waals surface area contributed by atoms with E-state index in [1.165, 1.54) is 6.07 Å². The number of carbonyl (C=O) groups excluding carboxylic acids is 2. The van der Waals surface area contributed by atoms with Gasteiger partial charge in [0.1, 0.15) is 0 Å². The van der Waals surface area contributed by atoms with Gasteiger partial charge in [0.05, 0.1) is 0 Å². The Morgan fingerprint density at radius 3 is 2.76 bits per heavy atom. The summed E-state index contributed by atoms with van der Waals surface area (Å²) in [5.41, 5.74) is 6.20. The summed E-state index contributed by atoms with van der Waals surface area (Å²) in [6, 6.07) is 6.73. The predicted octanol–water partition coefficient (Wildman–Crippen LogP) is 1.29. The van der Waals surface area contributed by atoms with Crippen LogP contribution in [0.25, 0.3) is 0 Å². The number of hydrogen-bond donors (Lipinski definition) is 3. The van der Waals surface area contributed by atoms with E-state index in [0.717, 1.165) is 19.4 Å². The molecule has 0 bridgehead atoms. The van der Waals surface area contributed by atoms with Gasteiger partial charge in [0, 0.05) is 23.7 Å². The molecule has 0 spiro atoms. The molecule has 5 nitrogen and oxygen atoms in total. The van der Waals surface area contributed by atoms with E-state index >= 15 is 0 Å². The first-order valence-corrected chi connectivity index (χ1v) is 7.31. The average molecular weight is 289 g/mol. The summed E-state index contributed by atoms with van der Waals surface area (Å²) in [6.07, 6.45) is 2.32. The highest BCUT2D eigenvalue weighted by molar-refractivity contribution is 5.99. The normalized spacial score (nSPS) is 20.8. The lowest BCUT2D eigenvalue weighted by Gasteiger charge is -2.39. The third-order valence-electron chi connectivity index (χ3n) is 4.21. The second-order valence-corrected chi connectivity index (χ2v) is 6.25. The number of piperidine rings is 1. The van der Waals surface area contributed by atoms with E-state index in [9.17, 15) is 9.59 Å². The largest absolute Gasteiger partial charge is 0.366 e. The maximum atomic E-state index is 12.2. The minimum atomic E-state index is -0.528.